The molecule has 1 fully saturated rings. The first kappa shape index (κ1) is 12.8. The van der Waals surface area contributed by atoms with Crippen molar-refractivity contribution in [2.24, 2.45) is 23.3 Å². The topological polar surface area (TPSA) is 91.2 Å². The fraction of sp³-hybridized carbons (Fsp3) is 0.538. The molecule has 2 rings (SSSR count). The van der Waals surface area contributed by atoms with Gasteiger partial charge >= 0.3 is 0 Å². The average Bonchev–Trinajstić information content (AvgIpc) is 2.84. The third-order valence-electron chi connectivity index (χ3n) is 3.57. The van der Waals surface area contributed by atoms with Gasteiger partial charge in [0.15, 0.2) is 0 Å². The zero-order chi connectivity index (χ0) is 13.0. The van der Waals surface area contributed by atoms with Gasteiger partial charge in [0.05, 0.1) is 6.61 Å². The molecule has 4 N–H and O–H groups in total. The Morgan fingerprint density at radius 2 is 2.22 bits per heavy atom. The van der Waals surface area contributed by atoms with Gasteiger partial charge in [0.2, 0.25) is 0 Å². The molecule has 2 unspecified atom stereocenters. The standard InChI is InChI=1S/C13H19N3O2/c14-7-9-2-1-3-10(9)8-18-11-4-5-16-12(6-11)13(15)17/h4-6,9-10H,1-3,7-8,14H2,(H2,15,17). The summed E-state index contributed by atoms with van der Waals surface area (Å²) in [6.07, 6.45) is 5.10. The summed E-state index contributed by atoms with van der Waals surface area (Å²) in [6, 6.07) is 3.31. The molecule has 98 valence electrons. The lowest BCUT2D eigenvalue weighted by Crippen LogP contribution is -2.23. The van der Waals surface area contributed by atoms with Crippen LogP contribution in [0.4, 0.5) is 0 Å². The van der Waals surface area contributed by atoms with Crippen molar-refractivity contribution in [1.29, 1.82) is 0 Å². The molecule has 1 heterocycles. The normalized spacial score (nSPS) is 22.9. The maximum Gasteiger partial charge on any atom is 0.267 e. The van der Waals surface area contributed by atoms with Gasteiger partial charge in [-0.3, -0.25) is 9.78 Å². The Bertz CT molecular complexity index is 422. The molecule has 0 radical (unpaired) electrons. The van der Waals surface area contributed by atoms with Crippen molar-refractivity contribution in [2.45, 2.75) is 19.3 Å². The van der Waals surface area contributed by atoms with Crippen LogP contribution in [0.5, 0.6) is 5.75 Å². The van der Waals surface area contributed by atoms with Crippen LogP contribution in [0.2, 0.25) is 0 Å². The number of hydrogen-bond acceptors (Lipinski definition) is 4. The Morgan fingerprint density at radius 1 is 1.44 bits per heavy atom. The smallest absolute Gasteiger partial charge is 0.267 e. The van der Waals surface area contributed by atoms with Crippen molar-refractivity contribution in [3.8, 4) is 5.75 Å². The Balaban J connectivity index is 1.93. The molecule has 1 saturated carbocycles. The Kier molecular flexibility index (Phi) is 4.15. The first-order chi connectivity index (χ1) is 8.70. The van der Waals surface area contributed by atoms with Gasteiger partial charge in [-0.25, -0.2) is 0 Å². The maximum atomic E-state index is 11.0. The summed E-state index contributed by atoms with van der Waals surface area (Å²) in [5, 5.41) is 0. The largest absolute Gasteiger partial charge is 0.493 e. The van der Waals surface area contributed by atoms with Crippen molar-refractivity contribution >= 4 is 5.91 Å². The van der Waals surface area contributed by atoms with E-state index < -0.39 is 5.91 Å². The third kappa shape index (κ3) is 2.98. The molecule has 18 heavy (non-hydrogen) atoms. The van der Waals surface area contributed by atoms with Crippen molar-refractivity contribution in [1.82, 2.24) is 4.98 Å². The van der Waals surface area contributed by atoms with E-state index in [2.05, 4.69) is 4.98 Å². The number of ether oxygens (including phenoxy) is 1. The fourth-order valence-corrected chi connectivity index (χ4v) is 2.48. The van der Waals surface area contributed by atoms with Gasteiger partial charge in [-0.15, -0.1) is 0 Å². The molecule has 2 atom stereocenters. The van der Waals surface area contributed by atoms with E-state index in [4.69, 9.17) is 16.2 Å². The molecule has 5 heteroatoms. The lowest BCUT2D eigenvalue weighted by Gasteiger charge is -2.18. The highest BCUT2D eigenvalue weighted by molar-refractivity contribution is 5.91. The van der Waals surface area contributed by atoms with Crippen LogP contribution in [-0.4, -0.2) is 24.0 Å². The number of nitrogens with two attached hydrogens (primary N) is 2. The number of nitrogens with zero attached hydrogens (tertiary/aromatic N) is 1. The number of carbonyl (C=O) groups excluding carboxylic acids is 1. The predicted octanol–water partition coefficient (Wildman–Crippen LogP) is 0.934. The Morgan fingerprint density at radius 3 is 2.94 bits per heavy atom. The van der Waals surface area contributed by atoms with Crippen LogP contribution in [-0.2, 0) is 0 Å². The van der Waals surface area contributed by atoms with Crippen molar-refractivity contribution in [2.75, 3.05) is 13.2 Å². The number of pyridine rings is 1. The van der Waals surface area contributed by atoms with Crippen LogP contribution in [0.25, 0.3) is 0 Å². The minimum Gasteiger partial charge on any atom is -0.493 e. The molecule has 1 aromatic heterocycles. The van der Waals surface area contributed by atoms with Gasteiger partial charge in [-0.1, -0.05) is 6.42 Å². The summed E-state index contributed by atoms with van der Waals surface area (Å²) in [6.45, 7) is 1.36. The van der Waals surface area contributed by atoms with Gasteiger partial charge in [-0.2, -0.15) is 0 Å². The third-order valence-corrected chi connectivity index (χ3v) is 3.57. The van der Waals surface area contributed by atoms with Gasteiger partial charge < -0.3 is 16.2 Å². The summed E-state index contributed by atoms with van der Waals surface area (Å²) in [5.74, 6) is 1.17. The molecule has 1 aliphatic rings. The second-order valence-electron chi connectivity index (χ2n) is 4.74. The molecule has 1 aromatic rings. The molecule has 0 aromatic carbocycles. The van der Waals surface area contributed by atoms with Gasteiger partial charge in [0.1, 0.15) is 11.4 Å². The predicted molar refractivity (Wildman–Crippen MR) is 68.1 cm³/mol. The van der Waals surface area contributed by atoms with Crippen molar-refractivity contribution in [3.63, 3.8) is 0 Å². The summed E-state index contributed by atoms with van der Waals surface area (Å²) in [5.41, 5.74) is 11.1. The van der Waals surface area contributed by atoms with Crippen LogP contribution in [0.15, 0.2) is 18.3 Å². The molecule has 0 spiro atoms. The van der Waals surface area contributed by atoms with E-state index in [1.807, 2.05) is 0 Å². The summed E-state index contributed by atoms with van der Waals surface area (Å²) >= 11 is 0. The van der Waals surface area contributed by atoms with Gasteiger partial charge in [0, 0.05) is 12.3 Å². The van der Waals surface area contributed by atoms with Crippen LogP contribution >= 0.6 is 0 Å². The van der Waals surface area contributed by atoms with Crippen molar-refractivity contribution in [3.05, 3.63) is 24.0 Å². The fourth-order valence-electron chi connectivity index (χ4n) is 2.48. The lowest BCUT2D eigenvalue weighted by atomic mass is 9.97. The second-order valence-corrected chi connectivity index (χ2v) is 4.74. The number of rotatable bonds is 5. The van der Waals surface area contributed by atoms with E-state index in [-0.39, 0.29) is 5.69 Å². The summed E-state index contributed by atoms with van der Waals surface area (Å²) in [4.78, 5) is 14.9. The average molecular weight is 249 g/mol. The lowest BCUT2D eigenvalue weighted by molar-refractivity contribution is 0.0995. The zero-order valence-corrected chi connectivity index (χ0v) is 10.3. The highest BCUT2D eigenvalue weighted by Crippen LogP contribution is 2.31. The van der Waals surface area contributed by atoms with Crippen LogP contribution in [0.1, 0.15) is 29.8 Å². The summed E-state index contributed by atoms with van der Waals surface area (Å²) < 4.78 is 5.71. The number of amides is 1. The van der Waals surface area contributed by atoms with Crippen LogP contribution in [0.3, 0.4) is 0 Å². The zero-order valence-electron chi connectivity index (χ0n) is 10.3. The second kappa shape index (κ2) is 5.82. The monoisotopic (exact) mass is 249 g/mol. The van der Waals surface area contributed by atoms with Crippen LogP contribution < -0.4 is 16.2 Å². The van der Waals surface area contributed by atoms with Crippen LogP contribution in [0, 0.1) is 11.8 Å². The Labute approximate surface area is 107 Å². The quantitative estimate of drug-likeness (QED) is 0.812. The highest BCUT2D eigenvalue weighted by atomic mass is 16.5. The molecular formula is C13H19N3O2. The highest BCUT2D eigenvalue weighted by Gasteiger charge is 2.26. The van der Waals surface area contributed by atoms with E-state index in [0.29, 0.717) is 24.2 Å². The number of aromatic nitrogens is 1. The van der Waals surface area contributed by atoms with E-state index in [1.165, 1.54) is 19.0 Å². The number of hydrogen-bond donors (Lipinski definition) is 2. The minimum atomic E-state index is -0.541. The van der Waals surface area contributed by atoms with E-state index >= 15 is 0 Å². The molecular weight excluding hydrogens is 230 g/mol. The molecule has 1 aliphatic carbocycles. The molecule has 1 amide bonds. The van der Waals surface area contributed by atoms with E-state index in [0.717, 1.165) is 13.0 Å². The van der Waals surface area contributed by atoms with Gasteiger partial charge in [-0.05, 0) is 37.3 Å². The molecule has 0 saturated heterocycles. The minimum absolute atomic E-state index is 0.231. The molecule has 0 aliphatic heterocycles. The molecule has 0 bridgehead atoms. The first-order valence-corrected chi connectivity index (χ1v) is 6.29. The SMILES string of the molecule is NCC1CCCC1COc1ccnc(C(N)=O)c1. The number of carbonyl (C=O) groups is 1. The first-order valence-electron chi connectivity index (χ1n) is 6.29. The molecule has 5 nitrogen and oxygen atoms in total. The number of primary amides is 1. The van der Waals surface area contributed by atoms with E-state index in [1.54, 1.807) is 12.1 Å². The van der Waals surface area contributed by atoms with E-state index in [9.17, 15) is 4.79 Å². The van der Waals surface area contributed by atoms with Crippen molar-refractivity contribution < 1.29 is 9.53 Å². The van der Waals surface area contributed by atoms with Gasteiger partial charge in [0.25, 0.3) is 5.91 Å². The summed E-state index contributed by atoms with van der Waals surface area (Å²) in [7, 11) is 0. The Hall–Kier alpha value is -1.62. The maximum absolute atomic E-state index is 11.0.